The summed E-state index contributed by atoms with van der Waals surface area (Å²) in [6, 6.07) is 6.48. The van der Waals surface area contributed by atoms with E-state index in [0.717, 1.165) is 0 Å². The Morgan fingerprint density at radius 3 is 2.38 bits per heavy atom. The third-order valence-electron chi connectivity index (χ3n) is 2.28. The molecular formula is C14H14O7. The number of carboxylic acid groups (broad SMARTS) is 1. The molecule has 7 heteroatoms. The summed E-state index contributed by atoms with van der Waals surface area (Å²) in [5, 5.41) is 8.47. The highest BCUT2D eigenvalue weighted by Gasteiger charge is 2.13. The monoisotopic (exact) mass is 294 g/mol. The van der Waals surface area contributed by atoms with Crippen LogP contribution in [0, 0.1) is 0 Å². The van der Waals surface area contributed by atoms with E-state index < -0.39 is 24.5 Å². The number of aliphatic carboxylic acids is 1. The number of carbonyl (C=O) groups excluding carboxylic acids is 2. The standard InChI is InChI=1S/C14H14O7/c1-9(7-12(15)16)14(18)20-8-13(17)21-11-6-4-3-5-10(11)19-2/h3-7H,8H2,1-2H3,(H,15,16)/b9-7+. The highest BCUT2D eigenvalue weighted by Crippen LogP contribution is 2.25. The zero-order chi connectivity index (χ0) is 15.8. The van der Waals surface area contributed by atoms with Gasteiger partial charge in [-0.2, -0.15) is 0 Å². The number of para-hydroxylation sites is 2. The van der Waals surface area contributed by atoms with Gasteiger partial charge in [0.25, 0.3) is 0 Å². The summed E-state index contributed by atoms with van der Waals surface area (Å²) < 4.78 is 14.6. The second-order valence-electron chi connectivity index (χ2n) is 3.87. The number of hydrogen-bond acceptors (Lipinski definition) is 6. The minimum Gasteiger partial charge on any atom is -0.493 e. The minimum absolute atomic E-state index is 0.132. The zero-order valence-electron chi connectivity index (χ0n) is 11.5. The highest BCUT2D eigenvalue weighted by atomic mass is 16.6. The van der Waals surface area contributed by atoms with Gasteiger partial charge in [0.2, 0.25) is 0 Å². The Balaban J connectivity index is 2.55. The molecule has 0 atom stereocenters. The van der Waals surface area contributed by atoms with Gasteiger partial charge in [0.05, 0.1) is 7.11 Å². The van der Waals surface area contributed by atoms with Gasteiger partial charge in [0.15, 0.2) is 18.1 Å². The van der Waals surface area contributed by atoms with Crippen LogP contribution in [0.15, 0.2) is 35.9 Å². The lowest BCUT2D eigenvalue weighted by Gasteiger charge is -2.09. The highest BCUT2D eigenvalue weighted by molar-refractivity contribution is 5.95. The van der Waals surface area contributed by atoms with Crippen LogP contribution in [0.25, 0.3) is 0 Å². The summed E-state index contributed by atoms with van der Waals surface area (Å²) >= 11 is 0. The topological polar surface area (TPSA) is 99.1 Å². The summed E-state index contributed by atoms with van der Waals surface area (Å²) in [6.45, 7) is 0.629. The Bertz CT molecular complexity index is 574. The fourth-order valence-corrected chi connectivity index (χ4v) is 1.34. The smallest absolute Gasteiger partial charge is 0.349 e. The van der Waals surface area contributed by atoms with Gasteiger partial charge < -0.3 is 19.3 Å². The number of ether oxygens (including phenoxy) is 3. The molecule has 0 heterocycles. The predicted octanol–water partition coefficient (Wildman–Crippen LogP) is 1.17. The van der Waals surface area contributed by atoms with Crippen molar-refractivity contribution in [2.75, 3.05) is 13.7 Å². The van der Waals surface area contributed by atoms with Gasteiger partial charge in [0.1, 0.15) is 0 Å². The molecule has 0 spiro atoms. The van der Waals surface area contributed by atoms with E-state index in [9.17, 15) is 14.4 Å². The molecule has 112 valence electrons. The van der Waals surface area contributed by atoms with Crippen LogP contribution < -0.4 is 9.47 Å². The van der Waals surface area contributed by atoms with Crippen molar-refractivity contribution >= 4 is 17.9 Å². The SMILES string of the molecule is COc1ccccc1OC(=O)COC(=O)/C(C)=C/C(=O)O. The van der Waals surface area contributed by atoms with Gasteiger partial charge >= 0.3 is 17.9 Å². The lowest BCUT2D eigenvalue weighted by molar-refractivity contribution is -0.150. The maximum Gasteiger partial charge on any atom is 0.349 e. The van der Waals surface area contributed by atoms with E-state index in [1.165, 1.54) is 20.1 Å². The van der Waals surface area contributed by atoms with Gasteiger partial charge in [-0.3, -0.25) is 0 Å². The molecule has 21 heavy (non-hydrogen) atoms. The van der Waals surface area contributed by atoms with E-state index in [4.69, 9.17) is 14.6 Å². The van der Waals surface area contributed by atoms with Crippen LogP contribution in [0.1, 0.15) is 6.92 Å². The molecule has 0 unspecified atom stereocenters. The third-order valence-corrected chi connectivity index (χ3v) is 2.28. The number of carbonyl (C=O) groups is 3. The first-order valence-corrected chi connectivity index (χ1v) is 5.86. The van der Waals surface area contributed by atoms with Crippen molar-refractivity contribution < 1.29 is 33.7 Å². The maximum absolute atomic E-state index is 11.5. The van der Waals surface area contributed by atoms with E-state index in [2.05, 4.69) is 4.74 Å². The first-order valence-electron chi connectivity index (χ1n) is 5.86. The van der Waals surface area contributed by atoms with Crippen LogP contribution >= 0.6 is 0 Å². The number of rotatable bonds is 6. The fourth-order valence-electron chi connectivity index (χ4n) is 1.34. The van der Waals surface area contributed by atoms with Gasteiger partial charge in [0, 0.05) is 11.6 Å². The van der Waals surface area contributed by atoms with E-state index >= 15 is 0 Å². The molecule has 0 radical (unpaired) electrons. The molecule has 0 aromatic heterocycles. The molecule has 0 aliphatic rings. The molecule has 1 aromatic carbocycles. The molecule has 0 aliphatic carbocycles. The molecule has 0 amide bonds. The number of esters is 2. The summed E-state index contributed by atoms with van der Waals surface area (Å²) in [7, 11) is 1.42. The lowest BCUT2D eigenvalue weighted by Crippen LogP contribution is -2.19. The second-order valence-corrected chi connectivity index (χ2v) is 3.87. The second kappa shape index (κ2) is 7.68. The van der Waals surface area contributed by atoms with Crippen LogP contribution in [0.2, 0.25) is 0 Å². The molecule has 0 bridgehead atoms. The molecule has 0 saturated carbocycles. The summed E-state index contributed by atoms with van der Waals surface area (Å²) in [4.78, 5) is 33.3. The maximum atomic E-state index is 11.5. The Kier molecular flexibility index (Phi) is 5.94. The van der Waals surface area contributed by atoms with Crippen LogP contribution in [-0.4, -0.2) is 36.7 Å². The zero-order valence-corrected chi connectivity index (χ0v) is 11.5. The quantitative estimate of drug-likeness (QED) is 0.477. The average Bonchev–Trinajstić information content (AvgIpc) is 2.44. The van der Waals surface area contributed by atoms with Crippen LogP contribution in [0.5, 0.6) is 11.5 Å². The van der Waals surface area contributed by atoms with Crippen molar-refractivity contribution in [2.24, 2.45) is 0 Å². The van der Waals surface area contributed by atoms with Gasteiger partial charge in [-0.05, 0) is 19.1 Å². The van der Waals surface area contributed by atoms with Crippen molar-refractivity contribution in [1.29, 1.82) is 0 Å². The molecule has 0 aliphatic heterocycles. The van der Waals surface area contributed by atoms with Crippen LogP contribution in [-0.2, 0) is 19.1 Å². The Hall–Kier alpha value is -2.83. The molecule has 0 saturated heterocycles. The normalized spacial score (nSPS) is 10.7. The number of hydrogen-bond donors (Lipinski definition) is 1. The predicted molar refractivity (Wildman–Crippen MR) is 71.0 cm³/mol. The van der Waals surface area contributed by atoms with Crippen molar-refractivity contribution in [2.45, 2.75) is 6.92 Å². The lowest BCUT2D eigenvalue weighted by atomic mass is 10.3. The molecule has 1 rings (SSSR count). The van der Waals surface area contributed by atoms with Crippen molar-refractivity contribution in [3.8, 4) is 11.5 Å². The fraction of sp³-hybridized carbons (Fsp3) is 0.214. The van der Waals surface area contributed by atoms with E-state index in [0.29, 0.717) is 11.8 Å². The molecule has 1 N–H and O–H groups in total. The van der Waals surface area contributed by atoms with Gasteiger partial charge in [-0.25, -0.2) is 14.4 Å². The van der Waals surface area contributed by atoms with Crippen molar-refractivity contribution in [1.82, 2.24) is 0 Å². The van der Waals surface area contributed by atoms with Crippen molar-refractivity contribution in [3.05, 3.63) is 35.9 Å². The number of benzene rings is 1. The summed E-state index contributed by atoms with van der Waals surface area (Å²) in [5.74, 6) is -2.44. The summed E-state index contributed by atoms with van der Waals surface area (Å²) in [6.07, 6.45) is 0.688. The van der Waals surface area contributed by atoms with Crippen LogP contribution in [0.4, 0.5) is 0 Å². The Morgan fingerprint density at radius 2 is 1.81 bits per heavy atom. The summed E-state index contributed by atoms with van der Waals surface area (Å²) in [5.41, 5.74) is -0.132. The van der Waals surface area contributed by atoms with Gasteiger partial charge in [-0.1, -0.05) is 12.1 Å². The first-order chi connectivity index (χ1) is 9.93. The van der Waals surface area contributed by atoms with Crippen molar-refractivity contribution in [3.63, 3.8) is 0 Å². The average molecular weight is 294 g/mol. The number of carboxylic acids is 1. The van der Waals surface area contributed by atoms with Crippen LogP contribution in [0.3, 0.4) is 0 Å². The Labute approximate surface area is 120 Å². The Morgan fingerprint density at radius 1 is 1.19 bits per heavy atom. The molecule has 7 nitrogen and oxygen atoms in total. The van der Waals surface area contributed by atoms with Gasteiger partial charge in [-0.15, -0.1) is 0 Å². The number of methoxy groups -OCH3 is 1. The molecule has 0 fully saturated rings. The minimum atomic E-state index is -1.28. The largest absolute Gasteiger partial charge is 0.493 e. The third kappa shape index (κ3) is 5.35. The van der Waals surface area contributed by atoms with E-state index in [-0.39, 0.29) is 11.3 Å². The van der Waals surface area contributed by atoms with E-state index in [1.54, 1.807) is 18.2 Å². The molecule has 1 aromatic rings. The van der Waals surface area contributed by atoms with E-state index in [1.807, 2.05) is 0 Å². The first kappa shape index (κ1) is 16.2. The molecular weight excluding hydrogens is 280 g/mol.